The molecule has 16 heavy (non-hydrogen) atoms. The number of anilines is 1. The molecule has 0 fully saturated rings. The number of benzene rings is 1. The molecule has 84 valence electrons. The van der Waals surface area contributed by atoms with E-state index in [2.05, 4.69) is 26.0 Å². The van der Waals surface area contributed by atoms with Crippen molar-refractivity contribution in [3.8, 4) is 0 Å². The standard InChI is InChI=1S/C9H7BrF2N4/c10-8-14-9(13)15-16(8)4-5-3-6(11)1-2-7(5)12/h1-3H,4H2,(H2,13,15). The van der Waals surface area contributed by atoms with E-state index in [0.29, 0.717) is 4.73 Å². The molecule has 0 radical (unpaired) electrons. The third kappa shape index (κ3) is 2.19. The van der Waals surface area contributed by atoms with Gasteiger partial charge in [-0.05, 0) is 34.1 Å². The van der Waals surface area contributed by atoms with Crippen LogP contribution in [0.3, 0.4) is 0 Å². The van der Waals surface area contributed by atoms with E-state index >= 15 is 0 Å². The van der Waals surface area contributed by atoms with Crippen molar-refractivity contribution in [2.75, 3.05) is 5.73 Å². The van der Waals surface area contributed by atoms with E-state index in [9.17, 15) is 8.78 Å². The lowest BCUT2D eigenvalue weighted by Crippen LogP contribution is -2.05. The number of aromatic nitrogens is 3. The molecule has 1 aromatic carbocycles. The maximum Gasteiger partial charge on any atom is 0.240 e. The van der Waals surface area contributed by atoms with Gasteiger partial charge in [0.15, 0.2) is 4.73 Å². The molecule has 0 atom stereocenters. The molecule has 0 saturated heterocycles. The lowest BCUT2D eigenvalue weighted by atomic mass is 10.2. The monoisotopic (exact) mass is 288 g/mol. The number of nitrogen functional groups attached to an aromatic ring is 1. The zero-order valence-electron chi connectivity index (χ0n) is 7.99. The average Bonchev–Trinajstić information content (AvgIpc) is 2.51. The second-order valence-corrected chi connectivity index (χ2v) is 3.84. The molecule has 0 bridgehead atoms. The van der Waals surface area contributed by atoms with Crippen molar-refractivity contribution in [3.05, 3.63) is 40.1 Å². The number of nitrogens with zero attached hydrogens (tertiary/aromatic N) is 3. The number of halogens is 3. The Balaban J connectivity index is 2.33. The van der Waals surface area contributed by atoms with Gasteiger partial charge in [-0.2, -0.15) is 4.98 Å². The summed E-state index contributed by atoms with van der Waals surface area (Å²) < 4.78 is 27.9. The van der Waals surface area contributed by atoms with Crippen LogP contribution in [0.4, 0.5) is 14.7 Å². The second kappa shape index (κ2) is 4.17. The Morgan fingerprint density at radius 2 is 2.12 bits per heavy atom. The summed E-state index contributed by atoms with van der Waals surface area (Å²) in [5, 5.41) is 3.82. The molecule has 1 heterocycles. The first-order valence-corrected chi connectivity index (χ1v) is 5.15. The molecular weight excluding hydrogens is 282 g/mol. The minimum absolute atomic E-state index is 0.0639. The van der Waals surface area contributed by atoms with E-state index in [1.54, 1.807) is 0 Å². The van der Waals surface area contributed by atoms with E-state index in [1.165, 1.54) is 4.68 Å². The van der Waals surface area contributed by atoms with E-state index < -0.39 is 11.6 Å². The third-order valence-electron chi connectivity index (χ3n) is 1.97. The quantitative estimate of drug-likeness (QED) is 0.919. The molecule has 0 amide bonds. The summed E-state index contributed by atoms with van der Waals surface area (Å²) in [5.74, 6) is -0.924. The minimum Gasteiger partial charge on any atom is -0.366 e. The molecule has 4 nitrogen and oxygen atoms in total. The summed E-state index contributed by atoms with van der Waals surface area (Å²) in [6.07, 6.45) is 0. The minimum atomic E-state index is -0.499. The largest absolute Gasteiger partial charge is 0.366 e. The number of hydrogen-bond donors (Lipinski definition) is 1. The Bertz CT molecular complexity index is 526. The highest BCUT2D eigenvalue weighted by molar-refractivity contribution is 9.10. The smallest absolute Gasteiger partial charge is 0.240 e. The SMILES string of the molecule is Nc1nc(Br)n(Cc2cc(F)ccc2F)n1. The maximum absolute atomic E-state index is 13.3. The van der Waals surface area contributed by atoms with Gasteiger partial charge in [-0.15, -0.1) is 5.10 Å². The topological polar surface area (TPSA) is 56.7 Å². The van der Waals surface area contributed by atoms with Crippen LogP contribution in [-0.4, -0.2) is 14.8 Å². The van der Waals surface area contributed by atoms with Crippen LogP contribution in [0.5, 0.6) is 0 Å². The molecule has 0 aliphatic heterocycles. The summed E-state index contributed by atoms with van der Waals surface area (Å²) >= 11 is 3.11. The van der Waals surface area contributed by atoms with Crippen LogP contribution in [0.15, 0.2) is 22.9 Å². The zero-order valence-corrected chi connectivity index (χ0v) is 9.58. The molecule has 0 spiro atoms. The van der Waals surface area contributed by atoms with E-state index in [0.717, 1.165) is 18.2 Å². The first-order valence-electron chi connectivity index (χ1n) is 4.36. The van der Waals surface area contributed by atoms with Crippen LogP contribution in [0.1, 0.15) is 5.56 Å². The van der Waals surface area contributed by atoms with Gasteiger partial charge in [-0.1, -0.05) is 0 Å². The fourth-order valence-electron chi connectivity index (χ4n) is 1.27. The lowest BCUT2D eigenvalue weighted by Gasteiger charge is -2.03. The summed E-state index contributed by atoms with van der Waals surface area (Å²) in [7, 11) is 0. The molecule has 1 aromatic heterocycles. The Hall–Kier alpha value is -1.50. The normalized spacial score (nSPS) is 10.7. The van der Waals surface area contributed by atoms with Crippen LogP contribution in [0.25, 0.3) is 0 Å². The Labute approximate surface area is 98.2 Å². The van der Waals surface area contributed by atoms with Gasteiger partial charge in [0.05, 0.1) is 6.54 Å². The molecule has 0 saturated carbocycles. The first kappa shape index (κ1) is 11.0. The molecule has 0 unspecified atom stereocenters. The van der Waals surface area contributed by atoms with Crippen LogP contribution in [0, 0.1) is 11.6 Å². The van der Waals surface area contributed by atoms with Crippen molar-refractivity contribution in [2.45, 2.75) is 6.54 Å². The highest BCUT2D eigenvalue weighted by Crippen LogP contribution is 2.14. The van der Waals surface area contributed by atoms with Gasteiger partial charge in [0.25, 0.3) is 0 Å². The van der Waals surface area contributed by atoms with E-state index in [1.807, 2.05) is 0 Å². The average molecular weight is 289 g/mol. The van der Waals surface area contributed by atoms with Crippen molar-refractivity contribution < 1.29 is 8.78 Å². The van der Waals surface area contributed by atoms with Crippen LogP contribution >= 0.6 is 15.9 Å². The maximum atomic E-state index is 13.3. The summed E-state index contributed by atoms with van der Waals surface area (Å²) in [6.45, 7) is 0.0639. The van der Waals surface area contributed by atoms with Gasteiger partial charge >= 0.3 is 0 Å². The molecule has 2 rings (SSSR count). The number of nitrogens with two attached hydrogens (primary N) is 1. The molecule has 0 aliphatic carbocycles. The molecule has 2 aromatic rings. The third-order valence-corrected chi connectivity index (χ3v) is 2.56. The van der Waals surface area contributed by atoms with E-state index in [-0.39, 0.29) is 18.1 Å². The predicted octanol–water partition coefficient (Wildman–Crippen LogP) is 1.95. The van der Waals surface area contributed by atoms with Crippen LogP contribution < -0.4 is 5.73 Å². The van der Waals surface area contributed by atoms with Gasteiger partial charge in [0.2, 0.25) is 5.95 Å². The van der Waals surface area contributed by atoms with Crippen LogP contribution in [-0.2, 0) is 6.54 Å². The zero-order chi connectivity index (χ0) is 11.7. The fourth-order valence-corrected chi connectivity index (χ4v) is 1.65. The van der Waals surface area contributed by atoms with Crippen molar-refractivity contribution >= 4 is 21.9 Å². The van der Waals surface area contributed by atoms with Gasteiger partial charge < -0.3 is 5.73 Å². The summed E-state index contributed by atoms with van der Waals surface area (Å²) in [6, 6.07) is 3.24. The second-order valence-electron chi connectivity index (χ2n) is 3.13. The van der Waals surface area contributed by atoms with Gasteiger partial charge in [-0.25, -0.2) is 13.5 Å². The van der Waals surface area contributed by atoms with Gasteiger partial charge in [0, 0.05) is 5.56 Å². The Kier molecular flexibility index (Phi) is 2.86. The molecular formula is C9H7BrF2N4. The summed E-state index contributed by atoms with van der Waals surface area (Å²) in [4.78, 5) is 3.79. The Morgan fingerprint density at radius 3 is 2.75 bits per heavy atom. The lowest BCUT2D eigenvalue weighted by molar-refractivity contribution is 0.563. The highest BCUT2D eigenvalue weighted by Gasteiger charge is 2.09. The van der Waals surface area contributed by atoms with E-state index in [4.69, 9.17) is 5.73 Å². The summed E-state index contributed by atoms with van der Waals surface area (Å²) in [5.41, 5.74) is 5.55. The van der Waals surface area contributed by atoms with Crippen molar-refractivity contribution in [1.29, 1.82) is 0 Å². The predicted molar refractivity (Wildman–Crippen MR) is 57.6 cm³/mol. The number of hydrogen-bond acceptors (Lipinski definition) is 3. The molecule has 7 heteroatoms. The fraction of sp³-hybridized carbons (Fsp3) is 0.111. The Morgan fingerprint density at radius 1 is 1.38 bits per heavy atom. The van der Waals surface area contributed by atoms with Gasteiger partial charge in [-0.3, -0.25) is 0 Å². The highest BCUT2D eigenvalue weighted by atomic mass is 79.9. The molecule has 2 N–H and O–H groups in total. The first-order chi connectivity index (χ1) is 7.56. The van der Waals surface area contributed by atoms with Crippen molar-refractivity contribution in [3.63, 3.8) is 0 Å². The number of rotatable bonds is 2. The van der Waals surface area contributed by atoms with Crippen molar-refractivity contribution in [1.82, 2.24) is 14.8 Å². The van der Waals surface area contributed by atoms with Gasteiger partial charge in [0.1, 0.15) is 11.6 Å². The van der Waals surface area contributed by atoms with Crippen LogP contribution in [0.2, 0.25) is 0 Å². The van der Waals surface area contributed by atoms with Crippen molar-refractivity contribution in [2.24, 2.45) is 0 Å². The molecule has 0 aliphatic rings.